The first-order valence-electron chi connectivity index (χ1n) is 15.6. The van der Waals surface area contributed by atoms with Gasteiger partial charge in [-0.1, -0.05) is 129 Å². The van der Waals surface area contributed by atoms with Crippen molar-refractivity contribution in [3.8, 4) is 11.5 Å². The van der Waals surface area contributed by atoms with Crippen LogP contribution >= 0.6 is 0 Å². The van der Waals surface area contributed by atoms with Gasteiger partial charge in [-0.2, -0.15) is 0 Å². The minimum atomic E-state index is -0.285. The van der Waals surface area contributed by atoms with Crippen LogP contribution < -0.4 is 14.4 Å². The van der Waals surface area contributed by atoms with Crippen LogP contribution in [-0.4, -0.2) is 11.9 Å². The quantitative estimate of drug-likeness (QED) is 0.103. The Morgan fingerprint density at radius 2 is 0.783 bits per heavy atom. The number of aryl methyl sites for hydroxylation is 1. The lowest BCUT2D eigenvalue weighted by molar-refractivity contribution is -0.134. The van der Waals surface area contributed by atoms with Gasteiger partial charge >= 0.3 is 11.9 Å². The number of rotatable bonds is 7. The molecule has 0 aliphatic carbocycles. The van der Waals surface area contributed by atoms with E-state index in [4.69, 9.17) is 9.47 Å². The summed E-state index contributed by atoms with van der Waals surface area (Å²) in [6.45, 7) is 5.69. The Morgan fingerprint density at radius 3 is 1.09 bits per heavy atom. The van der Waals surface area contributed by atoms with Gasteiger partial charge in [0.25, 0.3) is 0 Å². The third kappa shape index (κ3) is 4.90. The highest BCUT2D eigenvalue weighted by atomic mass is 16.5. The number of ether oxygens (including phenoxy) is 2. The molecule has 0 saturated carbocycles. The van der Waals surface area contributed by atoms with E-state index in [1.54, 1.807) is 13.8 Å². The van der Waals surface area contributed by atoms with E-state index >= 15 is 0 Å². The van der Waals surface area contributed by atoms with Crippen molar-refractivity contribution in [2.24, 2.45) is 0 Å². The van der Waals surface area contributed by atoms with E-state index < -0.39 is 0 Å². The van der Waals surface area contributed by atoms with Crippen LogP contribution in [0.25, 0.3) is 43.1 Å². The van der Waals surface area contributed by atoms with E-state index in [0.29, 0.717) is 11.5 Å². The Kier molecular flexibility index (Phi) is 7.59. The number of fused-ring (bicyclic) bond motifs is 4. The van der Waals surface area contributed by atoms with E-state index in [-0.39, 0.29) is 24.8 Å². The second kappa shape index (κ2) is 12.0. The monoisotopic (exact) mass is 603 g/mol. The minimum Gasteiger partial charge on any atom is -0.425 e. The lowest BCUT2D eigenvalue weighted by Gasteiger charge is -2.32. The van der Waals surface area contributed by atoms with Crippen LogP contribution in [0.5, 0.6) is 11.5 Å². The SMILES string of the molecule is CCC(=O)Oc1c2ccccc2c(N(c2ccc(C)cc2)c2c3ccccc3c(OC(=O)CC)c3ccccc23)c2ccccc12. The Morgan fingerprint density at radius 1 is 0.478 bits per heavy atom. The number of carbonyl (C=O) groups excluding carboxylic acids is 2. The molecular weight excluding hydrogens is 570 g/mol. The van der Waals surface area contributed by atoms with Gasteiger partial charge in [0, 0.05) is 61.6 Å². The summed E-state index contributed by atoms with van der Waals surface area (Å²) in [5.41, 5.74) is 4.03. The van der Waals surface area contributed by atoms with Crippen molar-refractivity contribution in [1.29, 1.82) is 0 Å². The van der Waals surface area contributed by atoms with Crippen molar-refractivity contribution < 1.29 is 19.1 Å². The van der Waals surface area contributed by atoms with Gasteiger partial charge in [0.15, 0.2) is 0 Å². The van der Waals surface area contributed by atoms with Gasteiger partial charge in [0.1, 0.15) is 11.5 Å². The first-order valence-corrected chi connectivity index (χ1v) is 15.6. The van der Waals surface area contributed by atoms with Gasteiger partial charge in [-0.05, 0) is 19.1 Å². The number of esters is 2. The summed E-state index contributed by atoms with van der Waals surface area (Å²) in [5.74, 6) is 0.546. The molecule has 0 spiro atoms. The van der Waals surface area contributed by atoms with Crippen molar-refractivity contribution in [1.82, 2.24) is 0 Å². The van der Waals surface area contributed by atoms with Gasteiger partial charge in [-0.15, -0.1) is 0 Å². The summed E-state index contributed by atoms with van der Waals surface area (Å²) >= 11 is 0. The Bertz CT molecular complexity index is 2030. The van der Waals surface area contributed by atoms with Crippen molar-refractivity contribution in [2.75, 3.05) is 4.90 Å². The maximum atomic E-state index is 12.7. The molecule has 0 saturated heterocycles. The van der Waals surface area contributed by atoms with Crippen molar-refractivity contribution in [2.45, 2.75) is 33.6 Å². The molecular formula is C41H33NO4. The molecule has 226 valence electrons. The predicted octanol–water partition coefficient (Wildman–Crippen LogP) is 10.7. The average molecular weight is 604 g/mol. The smallest absolute Gasteiger partial charge is 0.310 e. The third-order valence-electron chi connectivity index (χ3n) is 8.46. The first kappa shape index (κ1) is 29.1. The molecule has 5 nitrogen and oxygen atoms in total. The fraction of sp³-hybridized carbons (Fsp3) is 0.122. The molecule has 7 aromatic carbocycles. The number of hydrogen-bond donors (Lipinski definition) is 0. The van der Waals surface area contributed by atoms with Crippen molar-refractivity contribution in [3.63, 3.8) is 0 Å². The third-order valence-corrected chi connectivity index (χ3v) is 8.46. The van der Waals surface area contributed by atoms with Crippen LogP contribution in [0, 0.1) is 6.92 Å². The van der Waals surface area contributed by atoms with E-state index in [1.165, 1.54) is 0 Å². The molecule has 0 aliphatic rings. The molecule has 7 aromatic rings. The lowest BCUT2D eigenvalue weighted by Crippen LogP contribution is -2.14. The van der Waals surface area contributed by atoms with Crippen LogP contribution in [0.15, 0.2) is 121 Å². The molecule has 0 aromatic heterocycles. The second-order valence-corrected chi connectivity index (χ2v) is 11.4. The number of anilines is 3. The molecule has 0 heterocycles. The zero-order valence-electron chi connectivity index (χ0n) is 26.0. The molecule has 0 atom stereocenters. The van der Waals surface area contributed by atoms with Gasteiger partial charge in [-0.3, -0.25) is 9.59 Å². The maximum absolute atomic E-state index is 12.7. The van der Waals surface area contributed by atoms with Crippen molar-refractivity contribution >= 4 is 72.1 Å². The summed E-state index contributed by atoms with van der Waals surface area (Å²) in [5, 5.41) is 7.14. The largest absolute Gasteiger partial charge is 0.425 e. The summed E-state index contributed by atoms with van der Waals surface area (Å²) in [6.07, 6.45) is 0.541. The normalized spacial score (nSPS) is 11.3. The summed E-state index contributed by atoms with van der Waals surface area (Å²) in [6, 6.07) is 40.9. The maximum Gasteiger partial charge on any atom is 0.310 e. The van der Waals surface area contributed by atoms with E-state index in [1.807, 2.05) is 72.8 Å². The topological polar surface area (TPSA) is 55.8 Å². The minimum absolute atomic E-state index is 0.271. The van der Waals surface area contributed by atoms with E-state index in [2.05, 4.69) is 60.4 Å². The summed E-state index contributed by atoms with van der Waals surface area (Å²) < 4.78 is 12.1. The Hall–Kier alpha value is -5.68. The fourth-order valence-electron chi connectivity index (χ4n) is 6.27. The molecule has 0 bridgehead atoms. The molecule has 46 heavy (non-hydrogen) atoms. The van der Waals surface area contributed by atoms with Gasteiger partial charge in [0.2, 0.25) is 0 Å². The van der Waals surface area contributed by atoms with Crippen LogP contribution in [0.2, 0.25) is 0 Å². The molecule has 5 heteroatoms. The highest BCUT2D eigenvalue weighted by Crippen LogP contribution is 2.52. The number of benzene rings is 7. The molecule has 0 amide bonds. The predicted molar refractivity (Wildman–Crippen MR) is 188 cm³/mol. The molecule has 0 radical (unpaired) electrons. The van der Waals surface area contributed by atoms with Crippen LogP contribution in [0.1, 0.15) is 32.3 Å². The zero-order valence-corrected chi connectivity index (χ0v) is 26.0. The second-order valence-electron chi connectivity index (χ2n) is 11.4. The highest BCUT2D eigenvalue weighted by Gasteiger charge is 2.27. The molecule has 0 unspecified atom stereocenters. The Labute approximate surface area is 267 Å². The number of nitrogens with zero attached hydrogens (tertiary/aromatic N) is 1. The van der Waals surface area contributed by atoms with Gasteiger partial charge in [-0.25, -0.2) is 0 Å². The standard InChI is InChI=1S/C41H33NO4/c1-4-36(43)45-40-32-18-10-6-14-28(32)38(29-15-7-11-19-33(29)40)42(27-24-22-26(3)23-25-27)39-30-16-8-12-20-34(30)41(46-37(44)5-2)35-21-13-9-17-31(35)39/h6-25H,4-5H2,1-3H3. The van der Waals surface area contributed by atoms with Crippen LogP contribution in [0.3, 0.4) is 0 Å². The lowest BCUT2D eigenvalue weighted by atomic mass is 9.94. The number of hydrogen-bond acceptors (Lipinski definition) is 5. The van der Waals surface area contributed by atoms with Crippen LogP contribution in [0.4, 0.5) is 17.1 Å². The Balaban J connectivity index is 1.68. The molecule has 7 rings (SSSR count). The average Bonchev–Trinajstić information content (AvgIpc) is 3.10. The highest BCUT2D eigenvalue weighted by molar-refractivity contribution is 6.24. The zero-order chi connectivity index (χ0) is 31.8. The first-order chi connectivity index (χ1) is 22.5. The molecule has 0 N–H and O–H groups in total. The summed E-state index contributed by atoms with van der Waals surface area (Å²) in [4.78, 5) is 27.7. The van der Waals surface area contributed by atoms with Crippen LogP contribution in [-0.2, 0) is 9.59 Å². The van der Waals surface area contributed by atoms with E-state index in [0.717, 1.165) is 65.7 Å². The molecule has 0 fully saturated rings. The van der Waals surface area contributed by atoms with Gasteiger partial charge in [0.05, 0.1) is 11.4 Å². The molecule has 0 aliphatic heterocycles. The van der Waals surface area contributed by atoms with Gasteiger partial charge < -0.3 is 14.4 Å². The van der Waals surface area contributed by atoms with E-state index in [9.17, 15) is 9.59 Å². The summed E-state index contributed by atoms with van der Waals surface area (Å²) in [7, 11) is 0. The van der Waals surface area contributed by atoms with Crippen molar-refractivity contribution in [3.05, 3.63) is 127 Å². The number of carbonyl (C=O) groups is 2. The fourth-order valence-corrected chi connectivity index (χ4v) is 6.27.